The predicted octanol–water partition coefficient (Wildman–Crippen LogP) is 3.33. The van der Waals surface area contributed by atoms with E-state index in [0.29, 0.717) is 5.75 Å². The Morgan fingerprint density at radius 1 is 1.03 bits per heavy atom. The van der Waals surface area contributed by atoms with E-state index in [0.717, 1.165) is 42.7 Å². The summed E-state index contributed by atoms with van der Waals surface area (Å²) >= 11 is 0. The standard InChI is InChI=1S/C22H23N5O4S/c1-30-15-10-11-18(31-2)19(14-15)32(28,29)22-21-23-20(26-12-6-3-7-13-26)16-8-4-5-9-17(16)27(21)25-24-22/h4-5,8-11,14H,3,6-7,12-13H2,1-2H3. The second kappa shape index (κ2) is 8.03. The summed E-state index contributed by atoms with van der Waals surface area (Å²) in [7, 11) is -1.20. The Morgan fingerprint density at radius 2 is 1.81 bits per heavy atom. The molecule has 4 aromatic rings. The number of piperidine rings is 1. The van der Waals surface area contributed by atoms with Crippen molar-refractivity contribution in [2.75, 3.05) is 32.2 Å². The van der Waals surface area contributed by atoms with Crippen molar-refractivity contribution in [3.8, 4) is 11.5 Å². The smallest absolute Gasteiger partial charge is 0.318 e. The van der Waals surface area contributed by atoms with Crippen LogP contribution in [0.1, 0.15) is 19.3 Å². The lowest BCUT2D eigenvalue weighted by Gasteiger charge is -2.28. The van der Waals surface area contributed by atoms with Crippen molar-refractivity contribution in [2.24, 2.45) is 0 Å². The number of hydrogen-bond acceptors (Lipinski definition) is 8. The maximum Gasteiger partial charge on any atom is 0.318 e. The minimum Gasteiger partial charge on any atom is -0.604 e. The fourth-order valence-electron chi connectivity index (χ4n) is 4.15. The Kier molecular flexibility index (Phi) is 5.18. The molecule has 1 aliphatic heterocycles. The van der Waals surface area contributed by atoms with Gasteiger partial charge in [0.05, 0.1) is 19.7 Å². The van der Waals surface area contributed by atoms with Crippen molar-refractivity contribution in [2.45, 2.75) is 29.2 Å². The fraction of sp³-hybridized carbons (Fsp3) is 0.318. The molecule has 9 nitrogen and oxygen atoms in total. The molecule has 1 unspecified atom stereocenters. The Morgan fingerprint density at radius 3 is 2.56 bits per heavy atom. The Balaban J connectivity index is 1.76. The molecule has 1 atom stereocenters. The molecule has 5 rings (SSSR count). The van der Waals surface area contributed by atoms with Gasteiger partial charge in [-0.1, -0.05) is 26.7 Å². The molecule has 32 heavy (non-hydrogen) atoms. The number of sulfone groups is 1. The van der Waals surface area contributed by atoms with Crippen LogP contribution in [0.4, 0.5) is 5.82 Å². The number of anilines is 1. The van der Waals surface area contributed by atoms with Gasteiger partial charge in [0.15, 0.2) is 5.75 Å². The average molecular weight is 454 g/mol. The molecule has 1 aliphatic rings. The van der Waals surface area contributed by atoms with E-state index in [2.05, 4.69) is 15.2 Å². The largest absolute Gasteiger partial charge is 0.604 e. The normalized spacial score (nSPS) is 16.3. The number of ether oxygens (including phenoxy) is 2. The van der Waals surface area contributed by atoms with Gasteiger partial charge in [-0.3, -0.25) is 0 Å². The maximum absolute atomic E-state index is 13.7. The molecular formula is C22H23N5O4S. The third-order valence-corrected chi connectivity index (χ3v) is 7.44. The molecule has 0 radical (unpaired) electrons. The lowest BCUT2D eigenvalue weighted by Crippen LogP contribution is -2.30. The molecule has 1 saturated heterocycles. The molecule has 166 valence electrons. The summed E-state index contributed by atoms with van der Waals surface area (Å²) in [5.74, 6) is 1.35. The number of methoxy groups -OCH3 is 2. The van der Waals surface area contributed by atoms with Gasteiger partial charge in [-0.05, 0) is 43.5 Å². The van der Waals surface area contributed by atoms with Crippen molar-refractivity contribution in [1.82, 2.24) is 19.8 Å². The molecule has 1 fully saturated rings. The molecule has 0 amide bonds. The van der Waals surface area contributed by atoms with Crippen molar-refractivity contribution in [3.05, 3.63) is 42.5 Å². The summed E-state index contributed by atoms with van der Waals surface area (Å²) < 4.78 is 39.4. The highest BCUT2D eigenvalue weighted by molar-refractivity contribution is 7.98. The molecule has 0 N–H and O–H groups in total. The van der Waals surface area contributed by atoms with Crippen LogP contribution in [0.15, 0.2) is 52.4 Å². The second-order valence-electron chi connectivity index (χ2n) is 7.65. The first kappa shape index (κ1) is 20.7. The SMILES string of the molecule is COc1ccc(OC)c([S+](=O)([O-])c2nnn3c2nc(N2CCCCC2)c2ccccc23)c1. The van der Waals surface area contributed by atoms with Crippen LogP contribution in [-0.2, 0) is 14.4 Å². The van der Waals surface area contributed by atoms with Crippen molar-refractivity contribution in [1.29, 1.82) is 0 Å². The molecule has 3 heterocycles. The third-order valence-electron chi connectivity index (χ3n) is 5.77. The molecule has 0 bridgehead atoms. The first-order valence-electron chi connectivity index (χ1n) is 10.4. The van der Waals surface area contributed by atoms with Gasteiger partial charge in [-0.15, -0.1) is 0 Å². The summed E-state index contributed by atoms with van der Waals surface area (Å²) in [6.45, 7) is 1.75. The Labute approximate surface area is 186 Å². The van der Waals surface area contributed by atoms with Crippen LogP contribution in [0.5, 0.6) is 11.5 Å². The van der Waals surface area contributed by atoms with Crippen LogP contribution in [0, 0.1) is 0 Å². The van der Waals surface area contributed by atoms with E-state index in [1.54, 1.807) is 12.1 Å². The summed E-state index contributed by atoms with van der Waals surface area (Å²) in [6, 6.07) is 12.3. The average Bonchev–Trinajstić information content (AvgIpc) is 3.29. The summed E-state index contributed by atoms with van der Waals surface area (Å²) in [6.07, 6.45) is 3.33. The highest BCUT2D eigenvalue weighted by Crippen LogP contribution is 2.38. The summed E-state index contributed by atoms with van der Waals surface area (Å²) in [5, 5.41) is 8.91. The fourth-order valence-corrected chi connectivity index (χ4v) is 5.56. The van der Waals surface area contributed by atoms with Crippen molar-refractivity contribution < 1.29 is 18.2 Å². The second-order valence-corrected chi connectivity index (χ2v) is 9.48. The molecule has 2 aromatic carbocycles. The van der Waals surface area contributed by atoms with Crippen LogP contribution in [0.25, 0.3) is 16.6 Å². The van der Waals surface area contributed by atoms with Gasteiger partial charge in [-0.25, -0.2) is 4.98 Å². The number of nitrogens with zero attached hydrogens (tertiary/aromatic N) is 5. The maximum atomic E-state index is 13.7. The van der Waals surface area contributed by atoms with E-state index in [1.807, 2.05) is 24.3 Å². The van der Waals surface area contributed by atoms with Crippen molar-refractivity contribution in [3.63, 3.8) is 0 Å². The third kappa shape index (κ3) is 3.26. The minimum absolute atomic E-state index is 0.0452. The number of aromatic nitrogens is 4. The summed E-state index contributed by atoms with van der Waals surface area (Å²) in [4.78, 5) is 6.95. The lowest BCUT2D eigenvalue weighted by molar-refractivity contribution is 0.388. The Bertz CT molecular complexity index is 1350. The Hall–Kier alpha value is -3.24. The first-order valence-corrected chi connectivity index (χ1v) is 11.9. The molecule has 2 aromatic heterocycles. The van der Waals surface area contributed by atoms with E-state index in [9.17, 15) is 8.76 Å². The van der Waals surface area contributed by atoms with Crippen LogP contribution >= 0.6 is 0 Å². The van der Waals surface area contributed by atoms with Gasteiger partial charge < -0.3 is 18.9 Å². The van der Waals surface area contributed by atoms with Crippen LogP contribution in [0.3, 0.4) is 0 Å². The topological polar surface area (TPSA) is 105 Å². The monoisotopic (exact) mass is 453 g/mol. The zero-order valence-corrected chi connectivity index (χ0v) is 18.7. The van der Waals surface area contributed by atoms with Crippen molar-refractivity contribution >= 4 is 32.6 Å². The molecule has 0 saturated carbocycles. The van der Waals surface area contributed by atoms with Gasteiger partial charge in [0, 0.05) is 24.5 Å². The van der Waals surface area contributed by atoms with E-state index in [1.165, 1.54) is 31.2 Å². The number of rotatable bonds is 5. The predicted molar refractivity (Wildman–Crippen MR) is 119 cm³/mol. The number of hydrogen-bond donors (Lipinski definition) is 0. The van der Waals surface area contributed by atoms with Crippen LogP contribution in [-0.4, -0.2) is 51.7 Å². The molecule has 0 spiro atoms. The number of fused-ring (bicyclic) bond motifs is 3. The van der Waals surface area contributed by atoms with Gasteiger partial charge in [-0.2, -0.15) is 4.52 Å². The van der Waals surface area contributed by atoms with Crippen LogP contribution in [0.2, 0.25) is 0 Å². The lowest BCUT2D eigenvalue weighted by atomic mass is 10.1. The van der Waals surface area contributed by atoms with E-state index >= 15 is 0 Å². The van der Waals surface area contributed by atoms with Gasteiger partial charge in [0.1, 0.15) is 21.8 Å². The molecule has 0 aliphatic carbocycles. The highest BCUT2D eigenvalue weighted by Gasteiger charge is 2.36. The van der Waals surface area contributed by atoms with E-state index in [4.69, 9.17) is 14.5 Å². The van der Waals surface area contributed by atoms with Gasteiger partial charge in [0.2, 0.25) is 10.5 Å². The quantitative estimate of drug-likeness (QED) is 0.424. The highest BCUT2D eigenvalue weighted by atomic mass is 32.3. The van der Waals surface area contributed by atoms with Gasteiger partial charge in [0.25, 0.3) is 0 Å². The van der Waals surface area contributed by atoms with Crippen LogP contribution < -0.4 is 14.4 Å². The zero-order valence-electron chi connectivity index (χ0n) is 17.9. The summed E-state index contributed by atoms with van der Waals surface area (Å²) in [5.41, 5.74) is 0.943. The van der Waals surface area contributed by atoms with E-state index < -0.39 is 10.2 Å². The zero-order chi connectivity index (χ0) is 22.3. The molecular weight excluding hydrogens is 430 g/mol. The first-order chi connectivity index (χ1) is 15.5. The molecule has 10 heteroatoms. The van der Waals surface area contributed by atoms with Gasteiger partial charge >= 0.3 is 5.03 Å². The number of para-hydroxylation sites is 1. The minimum atomic E-state index is -4.09. The van der Waals surface area contributed by atoms with E-state index in [-0.39, 0.29) is 21.3 Å². The number of benzene rings is 2.